The number of ether oxygens (including phenoxy) is 3. The first-order valence-electron chi connectivity index (χ1n) is 8.69. The first-order chi connectivity index (χ1) is 11.0. The fourth-order valence-corrected chi connectivity index (χ4v) is 6.12. The van der Waals surface area contributed by atoms with Gasteiger partial charge in [-0.1, -0.05) is 6.92 Å². The molecule has 4 nitrogen and oxygen atoms in total. The summed E-state index contributed by atoms with van der Waals surface area (Å²) >= 11 is 1.63. The number of hydrogen-bond acceptors (Lipinski definition) is 5. The van der Waals surface area contributed by atoms with Crippen LogP contribution in [0.1, 0.15) is 51.5 Å². The second-order valence-electron chi connectivity index (χ2n) is 7.76. The van der Waals surface area contributed by atoms with Crippen LogP contribution in [0.15, 0.2) is 17.2 Å². The Kier molecular flexibility index (Phi) is 2.88. The molecular weight excluding hydrogens is 310 g/mol. The Hall–Kier alpha value is -0.910. The van der Waals surface area contributed by atoms with Gasteiger partial charge in [-0.3, -0.25) is 0 Å². The van der Waals surface area contributed by atoms with Crippen LogP contribution in [-0.2, 0) is 14.2 Å². The molecular formula is C18H23NO3S. The Morgan fingerprint density at radius 2 is 2.17 bits per heavy atom. The van der Waals surface area contributed by atoms with Gasteiger partial charge in [0.15, 0.2) is 16.6 Å². The van der Waals surface area contributed by atoms with Crippen molar-refractivity contribution in [2.75, 3.05) is 0 Å². The second kappa shape index (κ2) is 4.58. The number of aromatic nitrogens is 1. The molecule has 1 aromatic heterocycles. The smallest absolute Gasteiger partial charge is 0.232 e. The van der Waals surface area contributed by atoms with E-state index in [0.29, 0.717) is 17.8 Å². The molecule has 5 heteroatoms. The van der Waals surface area contributed by atoms with Crippen molar-refractivity contribution in [3.63, 3.8) is 0 Å². The first-order valence-corrected chi connectivity index (χ1v) is 9.57. The molecule has 124 valence electrons. The van der Waals surface area contributed by atoms with Crippen molar-refractivity contribution in [2.24, 2.45) is 17.8 Å². The average molecular weight is 333 g/mol. The van der Waals surface area contributed by atoms with Gasteiger partial charge < -0.3 is 14.2 Å². The second-order valence-corrected chi connectivity index (χ2v) is 8.65. The average Bonchev–Trinajstić information content (AvgIpc) is 3.10. The molecule has 3 fully saturated rings. The Balaban J connectivity index is 1.66. The van der Waals surface area contributed by atoms with E-state index in [1.165, 1.54) is 18.4 Å². The van der Waals surface area contributed by atoms with Crippen molar-refractivity contribution < 1.29 is 14.2 Å². The molecule has 5 rings (SSSR count). The molecule has 4 heterocycles. The van der Waals surface area contributed by atoms with Crippen LogP contribution in [0.3, 0.4) is 0 Å². The minimum Gasteiger partial charge on any atom is -0.459 e. The SMILES string of the molecule is CC1=C(c2nccs2)OC2O[C@@]3(C)CC[C@H]4[C@H](C)CC[C@@H]1[C@@]24O3. The third kappa shape index (κ3) is 1.76. The maximum absolute atomic E-state index is 6.65. The lowest BCUT2D eigenvalue weighted by Gasteiger charge is -2.55. The van der Waals surface area contributed by atoms with E-state index < -0.39 is 5.79 Å². The van der Waals surface area contributed by atoms with Crippen molar-refractivity contribution in [1.29, 1.82) is 0 Å². The lowest BCUT2D eigenvalue weighted by Crippen LogP contribution is -2.61. The normalized spacial score (nSPS) is 48.1. The maximum atomic E-state index is 6.65. The van der Waals surface area contributed by atoms with E-state index in [1.807, 2.05) is 11.6 Å². The van der Waals surface area contributed by atoms with E-state index in [4.69, 9.17) is 14.2 Å². The Labute approximate surface area is 140 Å². The number of fused-ring (bicyclic) bond motifs is 1. The highest BCUT2D eigenvalue weighted by Gasteiger charge is 2.70. The van der Waals surface area contributed by atoms with Crippen LogP contribution >= 0.6 is 11.3 Å². The van der Waals surface area contributed by atoms with Crippen LogP contribution in [0, 0.1) is 17.8 Å². The van der Waals surface area contributed by atoms with Crippen LogP contribution in [0.5, 0.6) is 0 Å². The van der Waals surface area contributed by atoms with Gasteiger partial charge in [0.1, 0.15) is 5.60 Å². The number of hydrogen-bond donors (Lipinski definition) is 0. The molecule has 1 aromatic rings. The predicted octanol–water partition coefficient (Wildman–Crippen LogP) is 4.19. The van der Waals surface area contributed by atoms with Gasteiger partial charge in [-0.2, -0.15) is 0 Å². The largest absolute Gasteiger partial charge is 0.459 e. The summed E-state index contributed by atoms with van der Waals surface area (Å²) in [6, 6.07) is 0. The quantitative estimate of drug-likeness (QED) is 0.773. The fraction of sp³-hybridized carbons (Fsp3) is 0.722. The van der Waals surface area contributed by atoms with Crippen LogP contribution in [-0.4, -0.2) is 22.7 Å². The zero-order chi connectivity index (χ0) is 15.8. The molecule has 1 unspecified atom stereocenters. The summed E-state index contributed by atoms with van der Waals surface area (Å²) in [6.07, 6.45) is 6.08. The van der Waals surface area contributed by atoms with Gasteiger partial charge in [0.05, 0.1) is 0 Å². The molecule has 0 aromatic carbocycles. The molecule has 3 aliphatic heterocycles. The lowest BCUT2D eigenvalue weighted by molar-refractivity contribution is -0.242. The van der Waals surface area contributed by atoms with Crippen LogP contribution in [0.2, 0.25) is 0 Å². The minimum absolute atomic E-state index is 0.296. The molecule has 1 aliphatic carbocycles. The molecule has 6 atom stereocenters. The van der Waals surface area contributed by atoms with Crippen LogP contribution in [0.4, 0.5) is 0 Å². The van der Waals surface area contributed by atoms with Crippen LogP contribution in [0.25, 0.3) is 5.76 Å². The molecule has 1 saturated carbocycles. The van der Waals surface area contributed by atoms with Crippen LogP contribution < -0.4 is 0 Å². The predicted molar refractivity (Wildman–Crippen MR) is 87.5 cm³/mol. The maximum Gasteiger partial charge on any atom is 0.232 e. The standard InChI is InChI=1S/C18H23NO3S/c1-10-4-5-13-11(2)14(15-19-8-9-23-15)20-16-18(13)12(10)6-7-17(3,21-16)22-18/h8-10,12-13,16H,4-7H2,1-3H3/t10-,12+,13+,16?,17-,18-/m1/s1. The first kappa shape index (κ1) is 14.4. The van der Waals surface area contributed by atoms with Crippen molar-refractivity contribution in [3.05, 3.63) is 22.2 Å². The molecule has 0 amide bonds. The molecule has 0 N–H and O–H groups in total. The zero-order valence-corrected chi connectivity index (χ0v) is 14.7. The molecule has 23 heavy (non-hydrogen) atoms. The molecule has 2 saturated heterocycles. The Morgan fingerprint density at radius 3 is 2.96 bits per heavy atom. The Bertz CT molecular complexity index is 672. The van der Waals surface area contributed by atoms with E-state index in [0.717, 1.165) is 23.6 Å². The number of thiazole rings is 1. The summed E-state index contributed by atoms with van der Waals surface area (Å²) in [6.45, 7) is 6.65. The van der Waals surface area contributed by atoms with Gasteiger partial charge in [0.2, 0.25) is 6.29 Å². The van der Waals surface area contributed by atoms with E-state index in [-0.39, 0.29) is 11.9 Å². The highest BCUT2D eigenvalue weighted by molar-refractivity contribution is 7.10. The van der Waals surface area contributed by atoms with Gasteiger partial charge in [0, 0.05) is 23.9 Å². The van der Waals surface area contributed by atoms with Gasteiger partial charge in [0.25, 0.3) is 0 Å². The minimum atomic E-state index is -0.491. The van der Waals surface area contributed by atoms with E-state index >= 15 is 0 Å². The zero-order valence-electron chi connectivity index (χ0n) is 13.9. The number of rotatable bonds is 1. The number of nitrogens with zero attached hydrogens (tertiary/aromatic N) is 1. The summed E-state index contributed by atoms with van der Waals surface area (Å²) in [5.41, 5.74) is 0.998. The highest BCUT2D eigenvalue weighted by atomic mass is 32.1. The van der Waals surface area contributed by atoms with E-state index in [1.54, 1.807) is 11.3 Å². The van der Waals surface area contributed by atoms with Crippen molar-refractivity contribution in [3.8, 4) is 0 Å². The van der Waals surface area contributed by atoms with Gasteiger partial charge >= 0.3 is 0 Å². The van der Waals surface area contributed by atoms with Gasteiger partial charge in [-0.25, -0.2) is 4.98 Å². The van der Waals surface area contributed by atoms with Crippen molar-refractivity contribution in [2.45, 2.75) is 64.1 Å². The topological polar surface area (TPSA) is 40.6 Å². The summed E-state index contributed by atoms with van der Waals surface area (Å²) in [5.74, 6) is 2.00. The summed E-state index contributed by atoms with van der Waals surface area (Å²) in [5, 5.41) is 2.96. The Morgan fingerprint density at radius 1 is 1.30 bits per heavy atom. The highest BCUT2D eigenvalue weighted by Crippen LogP contribution is 2.63. The fourth-order valence-electron chi connectivity index (χ4n) is 5.43. The molecule has 4 aliphatic rings. The monoisotopic (exact) mass is 333 g/mol. The molecule has 2 bridgehead atoms. The lowest BCUT2D eigenvalue weighted by atomic mass is 9.58. The third-order valence-electron chi connectivity index (χ3n) is 6.48. The third-order valence-corrected chi connectivity index (χ3v) is 7.25. The van der Waals surface area contributed by atoms with E-state index in [9.17, 15) is 0 Å². The van der Waals surface area contributed by atoms with Crippen molar-refractivity contribution >= 4 is 17.1 Å². The summed E-state index contributed by atoms with van der Waals surface area (Å²) in [7, 11) is 0. The van der Waals surface area contributed by atoms with Gasteiger partial charge in [-0.05, 0) is 50.5 Å². The molecule has 1 spiro atoms. The summed E-state index contributed by atoms with van der Waals surface area (Å²) in [4.78, 5) is 4.47. The van der Waals surface area contributed by atoms with E-state index in [2.05, 4.69) is 25.8 Å². The summed E-state index contributed by atoms with van der Waals surface area (Å²) < 4.78 is 19.4. The molecule has 0 radical (unpaired) electrons. The van der Waals surface area contributed by atoms with Crippen molar-refractivity contribution in [1.82, 2.24) is 4.98 Å². The van der Waals surface area contributed by atoms with Gasteiger partial charge in [-0.15, -0.1) is 11.3 Å².